The Hall–Kier alpha value is -3.21. The molecule has 0 unspecified atom stereocenters. The highest BCUT2D eigenvalue weighted by Gasteiger charge is 2.04. The molecular formula is C17H15N5. The maximum Gasteiger partial charge on any atom is 0.222 e. The molecule has 5 heteroatoms. The van der Waals surface area contributed by atoms with Gasteiger partial charge in [-0.15, -0.1) is 0 Å². The fourth-order valence-electron chi connectivity index (χ4n) is 2.05. The van der Waals surface area contributed by atoms with E-state index in [1.165, 1.54) is 0 Å². The summed E-state index contributed by atoms with van der Waals surface area (Å²) < 4.78 is 0. The number of nitrogens with zero attached hydrogens (tertiary/aromatic N) is 3. The van der Waals surface area contributed by atoms with Crippen molar-refractivity contribution in [3.8, 4) is 0 Å². The largest absolute Gasteiger partial charge is 0.382 e. The lowest BCUT2D eigenvalue weighted by atomic mass is 10.2. The first-order chi connectivity index (χ1) is 10.7. The third-order valence-electron chi connectivity index (χ3n) is 3.07. The number of anilines is 2. The number of aromatic nitrogens is 3. The van der Waals surface area contributed by atoms with Crippen LogP contribution < -0.4 is 11.5 Å². The molecule has 2 heterocycles. The van der Waals surface area contributed by atoms with E-state index in [9.17, 15) is 0 Å². The second kappa shape index (κ2) is 6.05. The molecule has 1 aromatic carbocycles. The fraction of sp³-hybridized carbons (Fsp3) is 0. The Labute approximate surface area is 128 Å². The maximum absolute atomic E-state index is 5.83. The molecule has 0 saturated heterocycles. The maximum atomic E-state index is 5.83. The van der Waals surface area contributed by atoms with Crippen LogP contribution in [0.3, 0.4) is 0 Å². The Morgan fingerprint density at radius 2 is 1.55 bits per heavy atom. The number of fused-ring (bicyclic) bond motifs is 1. The molecule has 108 valence electrons. The predicted molar refractivity (Wildman–Crippen MR) is 90.7 cm³/mol. The van der Waals surface area contributed by atoms with Crippen molar-refractivity contribution in [1.29, 1.82) is 0 Å². The number of benzene rings is 1. The van der Waals surface area contributed by atoms with Gasteiger partial charge in [0.1, 0.15) is 5.52 Å². The first-order valence-corrected chi connectivity index (χ1v) is 6.82. The van der Waals surface area contributed by atoms with Gasteiger partial charge in [-0.3, -0.25) is 0 Å². The summed E-state index contributed by atoms with van der Waals surface area (Å²) >= 11 is 0. The molecule has 0 atom stereocenters. The topological polar surface area (TPSA) is 90.7 Å². The smallest absolute Gasteiger partial charge is 0.222 e. The Kier molecular flexibility index (Phi) is 3.78. The molecule has 0 radical (unpaired) electrons. The van der Waals surface area contributed by atoms with E-state index in [0.717, 1.165) is 11.3 Å². The summed E-state index contributed by atoms with van der Waals surface area (Å²) in [5, 5.41) is 0. The lowest BCUT2D eigenvalue weighted by Crippen LogP contribution is -2.02. The number of nitrogen functional groups attached to an aromatic ring is 2. The van der Waals surface area contributed by atoms with Crippen LogP contribution in [0.15, 0.2) is 54.6 Å². The molecule has 4 N–H and O–H groups in total. The van der Waals surface area contributed by atoms with Gasteiger partial charge in [0.25, 0.3) is 0 Å². The summed E-state index contributed by atoms with van der Waals surface area (Å²) in [6.45, 7) is 0. The van der Waals surface area contributed by atoms with Gasteiger partial charge < -0.3 is 11.5 Å². The predicted octanol–water partition coefficient (Wildman–Crippen LogP) is 2.92. The van der Waals surface area contributed by atoms with Gasteiger partial charge in [-0.2, -0.15) is 4.98 Å². The van der Waals surface area contributed by atoms with Crippen molar-refractivity contribution < 1.29 is 0 Å². The summed E-state index contributed by atoms with van der Waals surface area (Å²) in [4.78, 5) is 12.5. The molecule has 0 spiro atoms. The van der Waals surface area contributed by atoms with Gasteiger partial charge in [0.05, 0.1) is 11.2 Å². The minimum absolute atomic E-state index is 0.154. The van der Waals surface area contributed by atoms with Crippen molar-refractivity contribution in [2.24, 2.45) is 0 Å². The second-order valence-corrected chi connectivity index (χ2v) is 4.70. The second-order valence-electron chi connectivity index (χ2n) is 4.70. The Bertz CT molecular complexity index is 854. The highest BCUT2D eigenvalue weighted by molar-refractivity contribution is 5.85. The van der Waals surface area contributed by atoms with Crippen molar-refractivity contribution in [1.82, 2.24) is 15.0 Å². The van der Waals surface area contributed by atoms with Gasteiger partial charge >= 0.3 is 0 Å². The molecule has 3 aromatic rings. The molecule has 5 nitrogen and oxygen atoms in total. The van der Waals surface area contributed by atoms with Crippen LogP contribution in [0.25, 0.3) is 23.2 Å². The van der Waals surface area contributed by atoms with Crippen LogP contribution in [-0.2, 0) is 0 Å². The van der Waals surface area contributed by atoms with E-state index in [1.807, 2.05) is 66.8 Å². The zero-order valence-corrected chi connectivity index (χ0v) is 11.8. The molecule has 0 bridgehead atoms. The molecule has 3 rings (SSSR count). The third kappa shape index (κ3) is 3.09. The van der Waals surface area contributed by atoms with Crippen molar-refractivity contribution in [2.75, 3.05) is 11.5 Å². The van der Waals surface area contributed by atoms with Gasteiger partial charge in [-0.25, -0.2) is 9.97 Å². The first kappa shape index (κ1) is 13.8. The Balaban J connectivity index is 1.82. The number of hydrogen-bond donors (Lipinski definition) is 2. The van der Waals surface area contributed by atoms with E-state index in [-0.39, 0.29) is 11.8 Å². The quantitative estimate of drug-likeness (QED) is 0.723. The van der Waals surface area contributed by atoms with Crippen LogP contribution in [0.1, 0.15) is 11.3 Å². The summed E-state index contributed by atoms with van der Waals surface area (Å²) in [7, 11) is 0. The highest BCUT2D eigenvalue weighted by Crippen LogP contribution is 2.17. The number of rotatable bonds is 3. The SMILES string of the molecule is Nc1nc(N)c2nc(/C=C/C=C/c3ccccc3)ccc2n1. The van der Waals surface area contributed by atoms with Gasteiger partial charge in [0.2, 0.25) is 5.95 Å². The van der Waals surface area contributed by atoms with E-state index in [0.29, 0.717) is 11.0 Å². The van der Waals surface area contributed by atoms with Gasteiger partial charge in [0, 0.05) is 0 Å². The van der Waals surface area contributed by atoms with Gasteiger partial charge in [0.15, 0.2) is 5.82 Å². The van der Waals surface area contributed by atoms with Crippen LogP contribution in [0.4, 0.5) is 11.8 Å². The van der Waals surface area contributed by atoms with E-state index in [2.05, 4.69) is 15.0 Å². The van der Waals surface area contributed by atoms with E-state index >= 15 is 0 Å². The molecule has 0 fully saturated rings. The minimum atomic E-state index is 0.154. The van der Waals surface area contributed by atoms with Crippen molar-refractivity contribution in [3.05, 3.63) is 65.9 Å². The molecule has 0 aliphatic rings. The number of pyridine rings is 1. The molecule has 2 aromatic heterocycles. The Morgan fingerprint density at radius 3 is 2.36 bits per heavy atom. The van der Waals surface area contributed by atoms with E-state index < -0.39 is 0 Å². The average molecular weight is 289 g/mol. The Morgan fingerprint density at radius 1 is 0.773 bits per heavy atom. The summed E-state index contributed by atoms with van der Waals surface area (Å²) in [6, 6.07) is 13.8. The lowest BCUT2D eigenvalue weighted by molar-refractivity contribution is 1.21. The normalized spacial score (nSPS) is 11.6. The number of hydrogen-bond acceptors (Lipinski definition) is 5. The molecule has 0 amide bonds. The molecule has 0 aliphatic carbocycles. The highest BCUT2D eigenvalue weighted by atomic mass is 15.0. The van der Waals surface area contributed by atoms with Gasteiger partial charge in [-0.1, -0.05) is 48.6 Å². The summed E-state index contributed by atoms with van der Waals surface area (Å²) in [5.74, 6) is 0.443. The number of nitrogens with two attached hydrogens (primary N) is 2. The van der Waals surface area contributed by atoms with Gasteiger partial charge in [-0.05, 0) is 23.8 Å². The van der Waals surface area contributed by atoms with E-state index in [4.69, 9.17) is 11.5 Å². The van der Waals surface area contributed by atoms with Crippen molar-refractivity contribution >= 4 is 35.0 Å². The molecule has 0 aliphatic heterocycles. The number of allylic oxidation sites excluding steroid dienone is 2. The zero-order chi connectivity index (χ0) is 15.4. The summed E-state index contributed by atoms with van der Waals surface area (Å²) in [6.07, 6.45) is 7.81. The molecular weight excluding hydrogens is 274 g/mol. The van der Waals surface area contributed by atoms with Crippen LogP contribution >= 0.6 is 0 Å². The standard InChI is InChI=1S/C17H15N5/c18-16-15-14(21-17(19)22-16)11-10-13(20-15)9-5-4-8-12-6-2-1-3-7-12/h1-11H,(H4,18,19,21,22)/b8-4+,9-5+. The average Bonchev–Trinajstić information content (AvgIpc) is 2.53. The van der Waals surface area contributed by atoms with Crippen LogP contribution in [0.5, 0.6) is 0 Å². The monoisotopic (exact) mass is 289 g/mol. The lowest BCUT2D eigenvalue weighted by Gasteiger charge is -2.02. The zero-order valence-electron chi connectivity index (χ0n) is 11.8. The van der Waals surface area contributed by atoms with Crippen LogP contribution in [0, 0.1) is 0 Å². The molecule has 0 saturated carbocycles. The molecule has 22 heavy (non-hydrogen) atoms. The first-order valence-electron chi connectivity index (χ1n) is 6.82. The minimum Gasteiger partial charge on any atom is -0.382 e. The van der Waals surface area contributed by atoms with Crippen LogP contribution in [0.2, 0.25) is 0 Å². The van der Waals surface area contributed by atoms with E-state index in [1.54, 1.807) is 0 Å². The van der Waals surface area contributed by atoms with Crippen molar-refractivity contribution in [3.63, 3.8) is 0 Å². The summed E-state index contributed by atoms with van der Waals surface area (Å²) in [5.41, 5.74) is 14.5. The third-order valence-corrected chi connectivity index (χ3v) is 3.07. The fourth-order valence-corrected chi connectivity index (χ4v) is 2.05. The van der Waals surface area contributed by atoms with Crippen molar-refractivity contribution in [2.45, 2.75) is 0 Å². The van der Waals surface area contributed by atoms with Crippen LogP contribution in [-0.4, -0.2) is 15.0 Å².